The summed E-state index contributed by atoms with van der Waals surface area (Å²) in [5, 5.41) is 4.78. The van der Waals surface area contributed by atoms with E-state index in [0.29, 0.717) is 13.0 Å². The van der Waals surface area contributed by atoms with Crippen LogP contribution >= 0.6 is 11.6 Å². The van der Waals surface area contributed by atoms with E-state index < -0.39 is 17.5 Å². The second kappa shape index (κ2) is 3.99. The Morgan fingerprint density at radius 2 is 2.26 bits per heavy atom. The number of amides is 4. The normalized spacial score (nSPS) is 25.8. The standard InChI is InChI=1S/C11H10ClN3O4/c12-7-6(1-4-19-7)8(16)15-3-2-11(5-15)9(17)13-10(18)14-11/h1,4H,2-3,5H2,(H2,13,14,17,18). The number of rotatable bonds is 1. The Labute approximate surface area is 112 Å². The van der Waals surface area contributed by atoms with Gasteiger partial charge in [0, 0.05) is 6.54 Å². The van der Waals surface area contributed by atoms with E-state index in [0.717, 1.165) is 0 Å². The number of nitrogens with one attached hydrogen (secondary N) is 2. The molecular formula is C11H10ClN3O4. The Balaban J connectivity index is 1.80. The van der Waals surface area contributed by atoms with Gasteiger partial charge in [-0.2, -0.15) is 0 Å². The minimum absolute atomic E-state index is 0.0193. The average molecular weight is 284 g/mol. The first kappa shape index (κ1) is 12.0. The molecule has 8 heteroatoms. The molecule has 0 radical (unpaired) electrons. The quantitative estimate of drug-likeness (QED) is 0.728. The van der Waals surface area contributed by atoms with E-state index in [2.05, 4.69) is 10.6 Å². The van der Waals surface area contributed by atoms with Gasteiger partial charge in [0.1, 0.15) is 5.54 Å². The maximum Gasteiger partial charge on any atom is 0.322 e. The zero-order valence-electron chi connectivity index (χ0n) is 9.73. The summed E-state index contributed by atoms with van der Waals surface area (Å²) in [5.41, 5.74) is -0.758. The molecule has 4 amide bonds. The van der Waals surface area contributed by atoms with Crippen LogP contribution in [0, 0.1) is 0 Å². The lowest BCUT2D eigenvalue weighted by Crippen LogP contribution is -2.49. The molecule has 2 aliphatic heterocycles. The van der Waals surface area contributed by atoms with Crippen LogP contribution in [0.25, 0.3) is 0 Å². The summed E-state index contributed by atoms with van der Waals surface area (Å²) in [6, 6.07) is 0.948. The zero-order chi connectivity index (χ0) is 13.6. The molecule has 3 heterocycles. The van der Waals surface area contributed by atoms with Gasteiger partial charge >= 0.3 is 6.03 Å². The Morgan fingerprint density at radius 1 is 1.47 bits per heavy atom. The van der Waals surface area contributed by atoms with Crippen molar-refractivity contribution < 1.29 is 18.8 Å². The molecule has 100 valence electrons. The van der Waals surface area contributed by atoms with E-state index in [4.69, 9.17) is 16.0 Å². The lowest BCUT2D eigenvalue weighted by Gasteiger charge is -2.20. The molecule has 1 aromatic rings. The molecule has 2 N–H and O–H groups in total. The molecule has 0 aliphatic carbocycles. The molecule has 2 saturated heterocycles. The minimum atomic E-state index is -1.01. The number of urea groups is 1. The van der Waals surface area contributed by atoms with Crippen molar-refractivity contribution in [3.8, 4) is 0 Å². The highest BCUT2D eigenvalue weighted by Crippen LogP contribution is 2.27. The fourth-order valence-corrected chi connectivity index (χ4v) is 2.61. The van der Waals surface area contributed by atoms with Crippen LogP contribution in [0.2, 0.25) is 5.22 Å². The Kier molecular flexibility index (Phi) is 2.53. The van der Waals surface area contributed by atoms with E-state index in [1.807, 2.05) is 0 Å². The van der Waals surface area contributed by atoms with Crippen LogP contribution in [-0.2, 0) is 4.79 Å². The Bertz CT molecular complexity index is 584. The van der Waals surface area contributed by atoms with E-state index in [9.17, 15) is 14.4 Å². The highest BCUT2D eigenvalue weighted by atomic mass is 35.5. The van der Waals surface area contributed by atoms with Crippen LogP contribution in [-0.4, -0.2) is 41.4 Å². The van der Waals surface area contributed by atoms with Crippen LogP contribution in [0.4, 0.5) is 4.79 Å². The van der Waals surface area contributed by atoms with Gasteiger partial charge in [0.2, 0.25) is 5.22 Å². The van der Waals surface area contributed by atoms with Crippen molar-refractivity contribution in [3.63, 3.8) is 0 Å². The third-order valence-corrected chi connectivity index (χ3v) is 3.71. The van der Waals surface area contributed by atoms with Crippen molar-refractivity contribution in [1.29, 1.82) is 0 Å². The predicted molar refractivity (Wildman–Crippen MR) is 63.6 cm³/mol. The van der Waals surface area contributed by atoms with Gasteiger partial charge in [0.25, 0.3) is 11.8 Å². The maximum absolute atomic E-state index is 12.2. The van der Waals surface area contributed by atoms with E-state index >= 15 is 0 Å². The first-order chi connectivity index (χ1) is 9.02. The van der Waals surface area contributed by atoms with Gasteiger partial charge in [-0.05, 0) is 24.1 Å². The van der Waals surface area contributed by atoms with Gasteiger partial charge < -0.3 is 14.6 Å². The third kappa shape index (κ3) is 1.77. The second-order valence-corrected chi connectivity index (χ2v) is 4.92. The molecule has 19 heavy (non-hydrogen) atoms. The molecule has 1 unspecified atom stereocenters. The van der Waals surface area contributed by atoms with E-state index in [1.165, 1.54) is 17.2 Å². The zero-order valence-corrected chi connectivity index (χ0v) is 10.5. The molecule has 2 fully saturated rings. The molecule has 0 saturated carbocycles. The van der Waals surface area contributed by atoms with Crippen molar-refractivity contribution in [3.05, 3.63) is 23.1 Å². The predicted octanol–water partition coefficient (Wildman–Crippen LogP) is 0.357. The Hall–Kier alpha value is -2.02. The molecule has 1 atom stereocenters. The maximum atomic E-state index is 12.2. The third-order valence-electron chi connectivity index (χ3n) is 3.42. The van der Waals surface area contributed by atoms with Gasteiger partial charge in [-0.25, -0.2) is 4.79 Å². The van der Waals surface area contributed by atoms with Crippen LogP contribution in [0.1, 0.15) is 16.8 Å². The average Bonchev–Trinajstić information content (AvgIpc) is 3.01. The van der Waals surface area contributed by atoms with Gasteiger partial charge in [-0.15, -0.1) is 0 Å². The SMILES string of the molecule is O=C1NC(=O)C2(CCN(C(=O)c3ccoc3Cl)C2)N1. The Morgan fingerprint density at radius 3 is 2.84 bits per heavy atom. The number of carbonyl (C=O) groups excluding carboxylic acids is 3. The summed E-state index contributed by atoms with van der Waals surface area (Å²) in [7, 11) is 0. The van der Waals surface area contributed by atoms with E-state index in [-0.39, 0.29) is 23.2 Å². The van der Waals surface area contributed by atoms with Gasteiger partial charge in [-0.3, -0.25) is 14.9 Å². The number of furan rings is 1. The summed E-state index contributed by atoms with van der Waals surface area (Å²) in [4.78, 5) is 36.6. The molecule has 1 aromatic heterocycles. The van der Waals surface area contributed by atoms with Crippen LogP contribution in [0.3, 0.4) is 0 Å². The molecule has 2 aliphatic rings. The number of nitrogens with zero attached hydrogens (tertiary/aromatic N) is 1. The van der Waals surface area contributed by atoms with Gasteiger partial charge in [0.15, 0.2) is 0 Å². The molecule has 3 rings (SSSR count). The smallest absolute Gasteiger partial charge is 0.322 e. The lowest BCUT2D eigenvalue weighted by atomic mass is 9.99. The topological polar surface area (TPSA) is 91.7 Å². The molecule has 7 nitrogen and oxygen atoms in total. The summed E-state index contributed by atoms with van der Waals surface area (Å²) >= 11 is 5.75. The fourth-order valence-electron chi connectivity index (χ4n) is 2.42. The van der Waals surface area contributed by atoms with Crippen molar-refractivity contribution in [2.45, 2.75) is 12.0 Å². The first-order valence-corrected chi connectivity index (χ1v) is 6.05. The van der Waals surface area contributed by atoms with Crippen molar-refractivity contribution in [2.75, 3.05) is 13.1 Å². The van der Waals surface area contributed by atoms with E-state index in [1.54, 1.807) is 0 Å². The van der Waals surface area contributed by atoms with Crippen molar-refractivity contribution in [1.82, 2.24) is 15.5 Å². The van der Waals surface area contributed by atoms with Gasteiger partial charge in [0.05, 0.1) is 18.4 Å². The van der Waals surface area contributed by atoms with Crippen molar-refractivity contribution in [2.24, 2.45) is 0 Å². The lowest BCUT2D eigenvalue weighted by molar-refractivity contribution is -0.123. The molecule has 0 aromatic carbocycles. The summed E-state index contributed by atoms with van der Waals surface area (Å²) < 4.78 is 4.87. The molecule has 1 spiro atoms. The number of imide groups is 1. The van der Waals surface area contributed by atoms with Crippen LogP contribution in [0.5, 0.6) is 0 Å². The highest BCUT2D eigenvalue weighted by molar-refractivity contribution is 6.32. The largest absolute Gasteiger partial charge is 0.452 e. The second-order valence-electron chi connectivity index (χ2n) is 4.58. The number of hydrogen-bond acceptors (Lipinski definition) is 4. The number of likely N-dealkylation sites (tertiary alicyclic amines) is 1. The number of hydrogen-bond donors (Lipinski definition) is 2. The summed E-state index contributed by atoms with van der Waals surface area (Å²) in [6.07, 6.45) is 1.71. The summed E-state index contributed by atoms with van der Waals surface area (Å²) in [5.74, 6) is -0.712. The number of carbonyl (C=O) groups is 3. The van der Waals surface area contributed by atoms with Crippen LogP contribution in [0.15, 0.2) is 16.7 Å². The highest BCUT2D eigenvalue weighted by Gasteiger charge is 2.51. The molecular weight excluding hydrogens is 274 g/mol. The first-order valence-electron chi connectivity index (χ1n) is 5.68. The monoisotopic (exact) mass is 283 g/mol. The van der Waals surface area contributed by atoms with Gasteiger partial charge in [-0.1, -0.05) is 0 Å². The number of halogens is 1. The molecule has 0 bridgehead atoms. The van der Waals surface area contributed by atoms with Crippen LogP contribution < -0.4 is 10.6 Å². The fraction of sp³-hybridized carbons (Fsp3) is 0.364. The van der Waals surface area contributed by atoms with Crippen molar-refractivity contribution >= 4 is 29.4 Å². The summed E-state index contributed by atoms with van der Waals surface area (Å²) in [6.45, 7) is 0.499. The minimum Gasteiger partial charge on any atom is -0.452 e.